The van der Waals surface area contributed by atoms with Crippen molar-refractivity contribution in [2.75, 3.05) is 7.05 Å². The molecule has 1 unspecified atom stereocenters. The van der Waals surface area contributed by atoms with Crippen LogP contribution in [-0.4, -0.2) is 36.1 Å². The van der Waals surface area contributed by atoms with Gasteiger partial charge in [0.05, 0.1) is 5.39 Å². The lowest BCUT2D eigenvalue weighted by molar-refractivity contribution is -0.000357. The van der Waals surface area contributed by atoms with Gasteiger partial charge >= 0.3 is 5.97 Å². The van der Waals surface area contributed by atoms with Crippen LogP contribution >= 0.6 is 12.4 Å². The molecule has 2 aliphatic rings. The summed E-state index contributed by atoms with van der Waals surface area (Å²) in [4.78, 5) is 28.5. The zero-order valence-electron chi connectivity index (χ0n) is 17.7. The van der Waals surface area contributed by atoms with E-state index in [9.17, 15) is 9.59 Å². The quantitative estimate of drug-likeness (QED) is 0.539. The van der Waals surface area contributed by atoms with E-state index in [2.05, 4.69) is 11.9 Å². The maximum atomic E-state index is 13.1. The first-order valence-electron chi connectivity index (χ1n) is 10.6. The largest absolute Gasteiger partial charge is 0.459 e. The monoisotopic (exact) mass is 439 g/mol. The smallest absolute Gasteiger partial charge is 0.342 e. The van der Waals surface area contributed by atoms with Crippen molar-refractivity contribution in [1.29, 1.82) is 0 Å². The molecule has 0 spiro atoms. The van der Waals surface area contributed by atoms with E-state index in [0.717, 1.165) is 31.2 Å². The van der Waals surface area contributed by atoms with Crippen LogP contribution < -0.4 is 5.43 Å². The van der Waals surface area contributed by atoms with E-state index in [1.807, 2.05) is 30.3 Å². The number of hydrogen-bond acceptors (Lipinski definition) is 5. The fourth-order valence-electron chi connectivity index (χ4n) is 5.01. The van der Waals surface area contributed by atoms with Gasteiger partial charge in [-0.3, -0.25) is 4.79 Å². The Labute approximate surface area is 187 Å². The molecule has 2 saturated heterocycles. The molecule has 5 nitrogen and oxygen atoms in total. The van der Waals surface area contributed by atoms with Crippen LogP contribution in [0.1, 0.15) is 41.6 Å². The van der Waals surface area contributed by atoms with Crippen molar-refractivity contribution in [2.24, 2.45) is 0 Å². The molecule has 0 aliphatic carbocycles. The molecule has 0 saturated carbocycles. The van der Waals surface area contributed by atoms with E-state index >= 15 is 0 Å². The second-order valence-corrected chi connectivity index (χ2v) is 8.48. The van der Waals surface area contributed by atoms with Crippen molar-refractivity contribution >= 4 is 29.3 Å². The highest BCUT2D eigenvalue weighted by molar-refractivity contribution is 6.02. The molecule has 2 fully saturated rings. The standard InChI is InChI=1S/C25H25NO4.ClH/c1-15-22(27)20-9-6-10-21(24(20)30-23(15)16-7-4-3-5-8-16)25(28)29-19-13-17-11-12-18(14-19)26(17)2;/h3-10,17-19H,11-14H2,1-2H3;1H/t17-,18+,19?;. The first-order chi connectivity index (χ1) is 14.5. The third-order valence-corrected chi connectivity index (χ3v) is 6.73. The van der Waals surface area contributed by atoms with E-state index < -0.39 is 5.97 Å². The summed E-state index contributed by atoms with van der Waals surface area (Å²) in [5.41, 5.74) is 1.83. The molecule has 2 bridgehead atoms. The number of ether oxygens (including phenoxy) is 1. The van der Waals surface area contributed by atoms with Gasteiger partial charge in [-0.1, -0.05) is 36.4 Å². The molecule has 162 valence electrons. The van der Waals surface area contributed by atoms with Crippen LogP contribution in [0.5, 0.6) is 0 Å². The number of halogens is 1. The number of fused-ring (bicyclic) bond motifs is 3. The zero-order chi connectivity index (χ0) is 20.8. The van der Waals surface area contributed by atoms with Crippen molar-refractivity contribution in [1.82, 2.24) is 4.90 Å². The Morgan fingerprint density at radius 3 is 2.39 bits per heavy atom. The number of para-hydroxylation sites is 1. The number of rotatable bonds is 3. The van der Waals surface area contributed by atoms with E-state index in [4.69, 9.17) is 9.15 Å². The van der Waals surface area contributed by atoms with E-state index in [0.29, 0.717) is 39.9 Å². The van der Waals surface area contributed by atoms with E-state index in [1.54, 1.807) is 25.1 Å². The highest BCUT2D eigenvalue weighted by Crippen LogP contribution is 2.36. The zero-order valence-corrected chi connectivity index (χ0v) is 18.5. The third kappa shape index (κ3) is 3.77. The minimum Gasteiger partial charge on any atom is -0.459 e. The van der Waals surface area contributed by atoms with Gasteiger partial charge in [-0.25, -0.2) is 4.79 Å². The maximum Gasteiger partial charge on any atom is 0.342 e. The normalized spacial score (nSPS) is 22.8. The summed E-state index contributed by atoms with van der Waals surface area (Å²) in [5.74, 6) is 0.0752. The summed E-state index contributed by atoms with van der Waals surface area (Å²) in [6, 6.07) is 15.6. The average molecular weight is 440 g/mol. The van der Waals surface area contributed by atoms with Gasteiger partial charge in [-0.05, 0) is 38.9 Å². The Balaban J connectivity index is 0.00000231. The van der Waals surface area contributed by atoms with Crippen LogP contribution in [0.15, 0.2) is 57.7 Å². The summed E-state index contributed by atoms with van der Waals surface area (Å²) in [5, 5.41) is 0.407. The molecule has 3 atom stereocenters. The van der Waals surface area contributed by atoms with Gasteiger partial charge < -0.3 is 14.1 Å². The Morgan fingerprint density at radius 2 is 1.71 bits per heavy atom. The Bertz CT molecular complexity index is 1160. The lowest BCUT2D eigenvalue weighted by Crippen LogP contribution is -2.43. The van der Waals surface area contributed by atoms with E-state index in [-0.39, 0.29) is 23.9 Å². The minimum absolute atomic E-state index is 0. The summed E-state index contributed by atoms with van der Waals surface area (Å²) in [7, 11) is 2.16. The van der Waals surface area contributed by atoms with Gasteiger partial charge in [-0.15, -0.1) is 12.4 Å². The van der Waals surface area contributed by atoms with Crippen molar-refractivity contribution in [3.63, 3.8) is 0 Å². The maximum absolute atomic E-state index is 13.1. The van der Waals surface area contributed by atoms with Crippen LogP contribution in [0.2, 0.25) is 0 Å². The van der Waals surface area contributed by atoms with Crippen LogP contribution in [0.3, 0.4) is 0 Å². The predicted molar refractivity (Wildman–Crippen MR) is 123 cm³/mol. The molecular weight excluding hydrogens is 414 g/mol. The van der Waals surface area contributed by atoms with Crippen LogP contribution in [0.4, 0.5) is 0 Å². The van der Waals surface area contributed by atoms with Crippen LogP contribution in [-0.2, 0) is 4.74 Å². The highest BCUT2D eigenvalue weighted by Gasteiger charge is 2.40. The Hall–Kier alpha value is -2.63. The molecule has 0 amide bonds. The Morgan fingerprint density at radius 1 is 1.03 bits per heavy atom. The number of benzene rings is 2. The summed E-state index contributed by atoms with van der Waals surface area (Å²) in [6.45, 7) is 1.76. The van der Waals surface area contributed by atoms with Gasteiger partial charge in [0, 0.05) is 36.1 Å². The molecule has 31 heavy (non-hydrogen) atoms. The lowest BCUT2D eigenvalue weighted by atomic mass is 10.0. The average Bonchev–Trinajstić information content (AvgIpc) is 2.97. The van der Waals surface area contributed by atoms with E-state index in [1.165, 1.54) is 0 Å². The first kappa shape index (κ1) is 21.6. The van der Waals surface area contributed by atoms with Crippen molar-refractivity contribution in [3.05, 3.63) is 69.9 Å². The third-order valence-electron chi connectivity index (χ3n) is 6.73. The van der Waals surface area contributed by atoms with Crippen molar-refractivity contribution in [2.45, 2.75) is 50.8 Å². The summed E-state index contributed by atoms with van der Waals surface area (Å²) < 4.78 is 12.1. The number of carbonyl (C=O) groups is 1. The summed E-state index contributed by atoms with van der Waals surface area (Å²) in [6.07, 6.45) is 3.96. The molecule has 0 radical (unpaired) electrons. The van der Waals surface area contributed by atoms with Gasteiger partial charge in [0.1, 0.15) is 17.4 Å². The molecule has 3 heterocycles. The highest BCUT2D eigenvalue weighted by atomic mass is 35.5. The molecule has 5 rings (SSSR count). The SMILES string of the molecule is Cc1c(-c2ccccc2)oc2c(C(=O)OC3C[C@H]4CC[C@@H](C3)N4C)cccc2c1=O.Cl. The summed E-state index contributed by atoms with van der Waals surface area (Å²) >= 11 is 0. The predicted octanol–water partition coefficient (Wildman–Crippen LogP) is 4.97. The second kappa shape index (κ2) is 8.48. The second-order valence-electron chi connectivity index (χ2n) is 8.48. The minimum atomic E-state index is -0.416. The molecule has 1 aromatic heterocycles. The lowest BCUT2D eigenvalue weighted by Gasteiger charge is -2.35. The van der Waals surface area contributed by atoms with Gasteiger partial charge in [0.15, 0.2) is 11.0 Å². The van der Waals surface area contributed by atoms with Gasteiger partial charge in [0.2, 0.25) is 0 Å². The number of hydrogen-bond donors (Lipinski definition) is 0. The topological polar surface area (TPSA) is 59.8 Å². The molecule has 2 aromatic carbocycles. The first-order valence-corrected chi connectivity index (χ1v) is 10.6. The van der Waals surface area contributed by atoms with Gasteiger partial charge in [-0.2, -0.15) is 0 Å². The van der Waals surface area contributed by atoms with Crippen molar-refractivity contribution in [3.8, 4) is 11.3 Å². The molecule has 2 aliphatic heterocycles. The van der Waals surface area contributed by atoms with Crippen LogP contribution in [0, 0.1) is 6.92 Å². The molecule has 6 heteroatoms. The van der Waals surface area contributed by atoms with Crippen molar-refractivity contribution < 1.29 is 13.9 Å². The van der Waals surface area contributed by atoms with Crippen LogP contribution in [0.25, 0.3) is 22.3 Å². The Kier molecular flexibility index (Phi) is 5.91. The number of esters is 1. The van der Waals surface area contributed by atoms with Gasteiger partial charge in [0.25, 0.3) is 0 Å². The fourth-order valence-corrected chi connectivity index (χ4v) is 5.01. The molecule has 3 aromatic rings. The number of carbonyl (C=O) groups excluding carboxylic acids is 1. The molecular formula is C25H26ClNO4. The molecule has 0 N–H and O–H groups in total. The number of piperidine rings is 1. The number of nitrogens with zero attached hydrogens (tertiary/aromatic N) is 1. The fraction of sp³-hybridized carbons (Fsp3) is 0.360.